The van der Waals surface area contributed by atoms with E-state index in [1.165, 1.54) is 6.20 Å². The number of anilines is 1. The van der Waals surface area contributed by atoms with Crippen LogP contribution in [0.2, 0.25) is 0 Å². The number of aromatic amines is 1. The molecule has 2 N–H and O–H groups in total. The predicted octanol–water partition coefficient (Wildman–Crippen LogP) is 3.16. The summed E-state index contributed by atoms with van der Waals surface area (Å²) in [7, 11) is 1.57. The van der Waals surface area contributed by atoms with Crippen LogP contribution in [0.15, 0.2) is 64.7 Å². The topological polar surface area (TPSA) is 102 Å². The normalized spacial score (nSPS) is 10.9. The van der Waals surface area contributed by atoms with Crippen LogP contribution < -0.4 is 15.6 Å². The fourth-order valence-corrected chi connectivity index (χ4v) is 3.63. The number of hydrogen-bond donors (Lipinski definition) is 2. The number of ether oxygens (including phenoxy) is 1. The molecule has 0 atom stereocenters. The van der Waals surface area contributed by atoms with Gasteiger partial charge >= 0.3 is 0 Å². The number of carbonyl (C=O) groups excluding carboxylic acids is 1. The van der Waals surface area contributed by atoms with Crippen LogP contribution in [0.1, 0.15) is 5.56 Å². The molecule has 9 heteroatoms. The van der Waals surface area contributed by atoms with Crippen molar-refractivity contribution in [1.82, 2.24) is 19.7 Å². The van der Waals surface area contributed by atoms with Gasteiger partial charge in [0, 0.05) is 11.8 Å². The van der Waals surface area contributed by atoms with Gasteiger partial charge in [0.2, 0.25) is 5.91 Å². The van der Waals surface area contributed by atoms with Crippen LogP contribution in [-0.2, 0) is 4.79 Å². The summed E-state index contributed by atoms with van der Waals surface area (Å²) in [5.41, 5.74) is 2.64. The molecule has 0 unspecified atom stereocenters. The van der Waals surface area contributed by atoms with E-state index < -0.39 is 0 Å². The lowest BCUT2D eigenvalue weighted by atomic mass is 10.2. The van der Waals surface area contributed by atoms with Crippen LogP contribution in [0.5, 0.6) is 5.75 Å². The zero-order valence-corrected chi connectivity index (χ0v) is 17.2. The largest absolute Gasteiger partial charge is 0.497 e. The Labute approximate surface area is 176 Å². The van der Waals surface area contributed by atoms with Gasteiger partial charge in [0.25, 0.3) is 5.56 Å². The van der Waals surface area contributed by atoms with Gasteiger partial charge in [-0.15, -0.1) is 0 Å². The third-order valence-electron chi connectivity index (χ3n) is 4.45. The van der Waals surface area contributed by atoms with Crippen LogP contribution in [-0.4, -0.2) is 38.5 Å². The number of nitrogens with one attached hydrogen (secondary N) is 2. The molecule has 2 aromatic carbocycles. The monoisotopic (exact) mass is 421 g/mol. The second-order valence-electron chi connectivity index (χ2n) is 6.52. The number of carbonyl (C=O) groups is 1. The number of thioether (sulfide) groups is 1. The number of rotatable bonds is 6. The zero-order chi connectivity index (χ0) is 21.1. The van der Waals surface area contributed by atoms with Crippen molar-refractivity contribution >= 4 is 34.4 Å². The molecule has 0 bridgehead atoms. The minimum absolute atomic E-state index is 0.0875. The highest BCUT2D eigenvalue weighted by Crippen LogP contribution is 2.21. The molecule has 0 radical (unpaired) electrons. The van der Waals surface area contributed by atoms with Crippen molar-refractivity contribution < 1.29 is 9.53 Å². The van der Waals surface area contributed by atoms with Crippen molar-refractivity contribution in [3.63, 3.8) is 0 Å². The maximum atomic E-state index is 12.5. The molecular formula is C21H19N5O3S. The van der Waals surface area contributed by atoms with Crippen molar-refractivity contribution in [3.05, 3.63) is 70.6 Å². The lowest BCUT2D eigenvalue weighted by Gasteiger charge is -2.08. The van der Waals surface area contributed by atoms with Gasteiger partial charge in [-0.3, -0.25) is 9.59 Å². The van der Waals surface area contributed by atoms with Gasteiger partial charge in [-0.2, -0.15) is 5.10 Å². The summed E-state index contributed by atoms with van der Waals surface area (Å²) in [6, 6.07) is 14.8. The van der Waals surface area contributed by atoms with Gasteiger partial charge < -0.3 is 15.0 Å². The predicted molar refractivity (Wildman–Crippen MR) is 117 cm³/mol. The molecule has 0 spiro atoms. The highest BCUT2D eigenvalue weighted by molar-refractivity contribution is 7.99. The second-order valence-corrected chi connectivity index (χ2v) is 7.48. The van der Waals surface area contributed by atoms with Gasteiger partial charge in [0.05, 0.1) is 24.7 Å². The highest BCUT2D eigenvalue weighted by Gasteiger charge is 2.14. The molecule has 152 valence electrons. The quantitative estimate of drug-likeness (QED) is 0.366. The minimum Gasteiger partial charge on any atom is -0.497 e. The fraction of sp³-hybridized carbons (Fsp3) is 0.143. The van der Waals surface area contributed by atoms with Crippen molar-refractivity contribution in [2.75, 3.05) is 18.2 Å². The maximum Gasteiger partial charge on any atom is 0.262 e. The van der Waals surface area contributed by atoms with Gasteiger partial charge in [-0.1, -0.05) is 36.0 Å². The Morgan fingerprint density at radius 3 is 2.87 bits per heavy atom. The van der Waals surface area contributed by atoms with Crippen LogP contribution >= 0.6 is 11.8 Å². The Kier molecular flexibility index (Phi) is 5.53. The molecule has 0 aliphatic heterocycles. The van der Waals surface area contributed by atoms with Gasteiger partial charge in [0.1, 0.15) is 11.1 Å². The molecule has 8 nitrogen and oxygen atoms in total. The van der Waals surface area contributed by atoms with Gasteiger partial charge in [-0.25, -0.2) is 9.67 Å². The van der Waals surface area contributed by atoms with E-state index in [2.05, 4.69) is 20.4 Å². The van der Waals surface area contributed by atoms with E-state index in [9.17, 15) is 9.59 Å². The molecule has 4 aromatic rings. The number of amides is 1. The summed E-state index contributed by atoms with van der Waals surface area (Å²) in [4.78, 5) is 32.0. The summed E-state index contributed by atoms with van der Waals surface area (Å²) in [5, 5.41) is 7.87. The van der Waals surface area contributed by atoms with Crippen molar-refractivity contribution in [2.24, 2.45) is 0 Å². The molecule has 0 saturated heterocycles. The van der Waals surface area contributed by atoms with Gasteiger partial charge in [0.15, 0.2) is 10.8 Å². The number of H-pyrrole nitrogens is 1. The van der Waals surface area contributed by atoms with E-state index in [0.717, 1.165) is 23.0 Å². The number of nitrogens with zero attached hydrogens (tertiary/aromatic N) is 3. The van der Waals surface area contributed by atoms with Crippen LogP contribution in [0, 0.1) is 6.92 Å². The van der Waals surface area contributed by atoms with E-state index in [1.54, 1.807) is 36.1 Å². The second kappa shape index (κ2) is 8.42. The highest BCUT2D eigenvalue weighted by atomic mass is 32.2. The molecule has 1 amide bonds. The molecule has 4 rings (SSSR count). The number of benzene rings is 2. The molecule has 2 aromatic heterocycles. The van der Waals surface area contributed by atoms with Crippen LogP contribution in [0.4, 0.5) is 5.69 Å². The number of hydrogen-bond acceptors (Lipinski definition) is 6. The Morgan fingerprint density at radius 2 is 2.07 bits per heavy atom. The van der Waals surface area contributed by atoms with Crippen molar-refractivity contribution in [1.29, 1.82) is 0 Å². The fourth-order valence-electron chi connectivity index (χ4n) is 2.98. The van der Waals surface area contributed by atoms with Crippen LogP contribution in [0.25, 0.3) is 16.7 Å². The van der Waals surface area contributed by atoms with Crippen molar-refractivity contribution in [2.45, 2.75) is 12.1 Å². The third kappa shape index (κ3) is 4.06. The van der Waals surface area contributed by atoms with E-state index in [-0.39, 0.29) is 17.2 Å². The molecule has 0 aliphatic rings. The molecular weight excluding hydrogens is 402 g/mol. The molecule has 30 heavy (non-hydrogen) atoms. The molecule has 0 saturated carbocycles. The average molecular weight is 421 g/mol. The Hall–Kier alpha value is -3.59. The molecule has 0 fully saturated rings. The standard InChI is InChI=1S/C21H19N5O3S/c1-13-6-3-4-9-17(13)26-19-16(11-22-26)20(28)25-21(24-19)30-12-18(27)23-14-7-5-8-15(10-14)29-2/h3-11H,12H2,1-2H3,(H,23,27)(H,24,25,28). The number of methoxy groups -OCH3 is 1. The number of aromatic nitrogens is 4. The van der Waals surface area contributed by atoms with Crippen LogP contribution in [0.3, 0.4) is 0 Å². The van der Waals surface area contributed by atoms with E-state index >= 15 is 0 Å². The Balaban J connectivity index is 1.54. The lowest BCUT2D eigenvalue weighted by molar-refractivity contribution is -0.113. The first-order valence-electron chi connectivity index (χ1n) is 9.16. The first-order valence-corrected chi connectivity index (χ1v) is 10.1. The summed E-state index contributed by atoms with van der Waals surface area (Å²) in [5.74, 6) is 0.522. The summed E-state index contributed by atoms with van der Waals surface area (Å²) in [6.45, 7) is 1.97. The number of para-hydroxylation sites is 1. The molecule has 2 heterocycles. The van der Waals surface area contributed by atoms with Crippen molar-refractivity contribution in [3.8, 4) is 11.4 Å². The Morgan fingerprint density at radius 1 is 1.23 bits per heavy atom. The van der Waals surface area contributed by atoms with Gasteiger partial charge in [-0.05, 0) is 30.7 Å². The average Bonchev–Trinajstić information content (AvgIpc) is 3.17. The summed E-state index contributed by atoms with van der Waals surface area (Å²) in [6.07, 6.45) is 1.50. The number of aryl methyl sites for hydroxylation is 1. The SMILES string of the molecule is COc1cccc(NC(=O)CSc2nc3c(cnn3-c3ccccc3C)c(=O)[nH]2)c1. The van der Waals surface area contributed by atoms with E-state index in [4.69, 9.17) is 4.74 Å². The third-order valence-corrected chi connectivity index (χ3v) is 5.33. The minimum atomic E-state index is -0.296. The first-order chi connectivity index (χ1) is 14.5. The number of fused-ring (bicyclic) bond motifs is 1. The maximum absolute atomic E-state index is 12.5. The van der Waals surface area contributed by atoms with E-state index in [0.29, 0.717) is 27.6 Å². The van der Waals surface area contributed by atoms with E-state index in [1.807, 2.05) is 31.2 Å². The molecule has 0 aliphatic carbocycles. The zero-order valence-electron chi connectivity index (χ0n) is 16.4. The smallest absolute Gasteiger partial charge is 0.262 e. The summed E-state index contributed by atoms with van der Waals surface area (Å²) < 4.78 is 6.79. The summed E-state index contributed by atoms with van der Waals surface area (Å²) >= 11 is 1.15. The lowest BCUT2D eigenvalue weighted by Crippen LogP contribution is -2.15. The first kappa shape index (κ1) is 19.7. The Bertz CT molecular complexity index is 1280.